The summed E-state index contributed by atoms with van der Waals surface area (Å²) in [5, 5.41) is 12.5. The lowest BCUT2D eigenvalue weighted by Crippen LogP contribution is -2.09. The second kappa shape index (κ2) is 5.16. The molecule has 4 nitrogen and oxygen atoms in total. The van der Waals surface area contributed by atoms with Gasteiger partial charge in [-0.05, 0) is 12.1 Å². The van der Waals surface area contributed by atoms with Crippen molar-refractivity contribution in [2.75, 3.05) is 0 Å². The Balaban J connectivity index is 2.45. The summed E-state index contributed by atoms with van der Waals surface area (Å²) in [5.41, 5.74) is -1.70. The summed E-state index contributed by atoms with van der Waals surface area (Å²) in [5.74, 6) is -0.187. The van der Waals surface area contributed by atoms with E-state index in [1.54, 1.807) is 0 Å². The molecule has 0 bridgehead atoms. The van der Waals surface area contributed by atoms with Gasteiger partial charge in [-0.15, -0.1) is 0 Å². The van der Waals surface area contributed by atoms with Gasteiger partial charge in [-0.3, -0.25) is 0 Å². The summed E-state index contributed by atoms with van der Waals surface area (Å²) in [6.07, 6.45) is -5.95. The topological polar surface area (TPSA) is 50.9 Å². The van der Waals surface area contributed by atoms with Crippen molar-refractivity contribution in [2.45, 2.75) is 19.2 Å². The van der Waals surface area contributed by atoms with Gasteiger partial charge in [-0.2, -0.15) is 18.3 Å². The lowest BCUT2D eigenvalue weighted by Gasteiger charge is -2.09. The van der Waals surface area contributed by atoms with Crippen molar-refractivity contribution < 1.29 is 27.1 Å². The molecule has 0 amide bonds. The van der Waals surface area contributed by atoms with Crippen LogP contribution < -0.4 is 0 Å². The van der Waals surface area contributed by atoms with Crippen molar-refractivity contribution in [3.63, 3.8) is 0 Å². The summed E-state index contributed by atoms with van der Waals surface area (Å²) in [6.45, 7) is -0.652. The predicted octanol–water partition coefficient (Wildman–Crippen LogP) is 2.72. The van der Waals surface area contributed by atoms with E-state index in [1.807, 2.05) is 0 Å². The first-order chi connectivity index (χ1) is 9.34. The molecule has 0 aliphatic rings. The van der Waals surface area contributed by atoms with Crippen LogP contribution in [0.2, 0.25) is 0 Å². The van der Waals surface area contributed by atoms with Crippen molar-refractivity contribution in [2.24, 2.45) is 0 Å². The average molecular weight is 293 g/mol. The molecule has 2 heterocycles. The van der Waals surface area contributed by atoms with Crippen LogP contribution in [0.1, 0.15) is 23.2 Å². The number of aliphatic hydroxyl groups is 1. The second-order valence-corrected chi connectivity index (χ2v) is 3.83. The average Bonchev–Trinajstić information content (AvgIpc) is 2.81. The Kier molecular flexibility index (Phi) is 3.71. The third kappa shape index (κ3) is 2.62. The second-order valence-electron chi connectivity index (χ2n) is 3.83. The molecule has 0 atom stereocenters. The monoisotopic (exact) mass is 293 g/mol. The van der Waals surface area contributed by atoms with Crippen LogP contribution in [0, 0.1) is 0 Å². The zero-order valence-electron chi connectivity index (χ0n) is 9.77. The van der Waals surface area contributed by atoms with Crippen LogP contribution in [-0.2, 0) is 12.8 Å². The molecule has 2 rings (SSSR count). The molecule has 2 aromatic rings. The minimum atomic E-state index is -4.56. The van der Waals surface area contributed by atoms with Crippen molar-refractivity contribution in [3.05, 3.63) is 41.3 Å². The fraction of sp³-hybridized carbons (Fsp3) is 0.273. The summed E-state index contributed by atoms with van der Waals surface area (Å²) < 4.78 is 63.6. The highest BCUT2D eigenvalue weighted by Gasteiger charge is 2.31. The van der Waals surface area contributed by atoms with Gasteiger partial charge in [0, 0.05) is 11.8 Å². The molecular weight excluding hydrogens is 285 g/mol. The Morgan fingerprint density at radius 1 is 1.20 bits per heavy atom. The first kappa shape index (κ1) is 14.4. The maximum Gasteiger partial charge on any atom is 0.417 e. The molecule has 0 saturated carbocycles. The Hall–Kier alpha value is -2.03. The quantitative estimate of drug-likeness (QED) is 0.885. The van der Waals surface area contributed by atoms with Crippen LogP contribution in [0.5, 0.6) is 0 Å². The lowest BCUT2D eigenvalue weighted by atomic mass is 10.2. The first-order valence-electron chi connectivity index (χ1n) is 5.34. The number of rotatable bonds is 3. The van der Waals surface area contributed by atoms with Gasteiger partial charge < -0.3 is 5.11 Å². The maximum absolute atomic E-state index is 12.9. The van der Waals surface area contributed by atoms with Gasteiger partial charge in [0.1, 0.15) is 5.69 Å². The molecule has 0 aliphatic carbocycles. The van der Waals surface area contributed by atoms with E-state index in [4.69, 9.17) is 5.11 Å². The number of nitrogens with zero attached hydrogens (tertiary/aromatic N) is 3. The van der Waals surface area contributed by atoms with Crippen molar-refractivity contribution in [1.82, 2.24) is 14.8 Å². The number of aromatic nitrogens is 3. The van der Waals surface area contributed by atoms with Gasteiger partial charge in [-0.1, -0.05) is 0 Å². The van der Waals surface area contributed by atoms with Crippen molar-refractivity contribution in [1.29, 1.82) is 0 Å². The SMILES string of the molecule is OCc1cnn(-c2ccc(C(F)(F)F)cn2)c1C(F)F. The van der Waals surface area contributed by atoms with E-state index in [0.717, 1.165) is 18.3 Å². The Morgan fingerprint density at radius 3 is 2.35 bits per heavy atom. The molecule has 0 spiro atoms. The zero-order valence-corrected chi connectivity index (χ0v) is 9.77. The third-order valence-corrected chi connectivity index (χ3v) is 2.56. The highest BCUT2D eigenvalue weighted by atomic mass is 19.4. The van der Waals surface area contributed by atoms with E-state index in [1.165, 1.54) is 0 Å². The Bertz CT molecular complexity index is 591. The van der Waals surface area contributed by atoms with Crippen LogP contribution in [-0.4, -0.2) is 19.9 Å². The van der Waals surface area contributed by atoms with Crippen LogP contribution in [0.15, 0.2) is 24.5 Å². The van der Waals surface area contributed by atoms with Crippen LogP contribution in [0.4, 0.5) is 22.0 Å². The van der Waals surface area contributed by atoms with E-state index in [9.17, 15) is 22.0 Å². The van der Waals surface area contributed by atoms with Crippen molar-refractivity contribution in [3.8, 4) is 5.82 Å². The van der Waals surface area contributed by atoms with Gasteiger partial charge in [0.25, 0.3) is 6.43 Å². The van der Waals surface area contributed by atoms with Crippen LogP contribution >= 0.6 is 0 Å². The maximum atomic E-state index is 12.9. The first-order valence-corrected chi connectivity index (χ1v) is 5.34. The molecule has 20 heavy (non-hydrogen) atoms. The van der Waals surface area contributed by atoms with Crippen LogP contribution in [0.3, 0.4) is 0 Å². The number of pyridine rings is 1. The highest BCUT2D eigenvalue weighted by Crippen LogP contribution is 2.30. The number of hydrogen-bond donors (Lipinski definition) is 1. The van der Waals surface area contributed by atoms with Gasteiger partial charge in [0.05, 0.1) is 18.4 Å². The minimum Gasteiger partial charge on any atom is -0.392 e. The molecule has 0 unspecified atom stereocenters. The zero-order chi connectivity index (χ0) is 14.9. The van der Waals surface area contributed by atoms with Gasteiger partial charge >= 0.3 is 6.18 Å². The number of aliphatic hydroxyl groups excluding tert-OH is 1. The fourth-order valence-corrected chi connectivity index (χ4v) is 1.61. The summed E-state index contributed by atoms with van der Waals surface area (Å²) in [7, 11) is 0. The predicted molar refractivity (Wildman–Crippen MR) is 57.2 cm³/mol. The number of hydrogen-bond acceptors (Lipinski definition) is 3. The fourth-order valence-electron chi connectivity index (χ4n) is 1.61. The number of alkyl halides is 5. The summed E-state index contributed by atoms with van der Waals surface area (Å²) >= 11 is 0. The van der Waals surface area contributed by atoms with E-state index in [-0.39, 0.29) is 11.4 Å². The van der Waals surface area contributed by atoms with E-state index in [2.05, 4.69) is 10.1 Å². The molecule has 0 radical (unpaired) electrons. The van der Waals surface area contributed by atoms with Crippen LogP contribution in [0.25, 0.3) is 5.82 Å². The molecule has 0 aliphatic heterocycles. The number of halogens is 5. The molecule has 108 valence electrons. The molecular formula is C11H8F5N3O. The summed E-state index contributed by atoms with van der Waals surface area (Å²) in [6, 6.07) is 1.65. The molecule has 1 N–H and O–H groups in total. The largest absolute Gasteiger partial charge is 0.417 e. The van der Waals surface area contributed by atoms with Gasteiger partial charge in [0.2, 0.25) is 0 Å². The smallest absolute Gasteiger partial charge is 0.392 e. The third-order valence-electron chi connectivity index (χ3n) is 2.56. The van der Waals surface area contributed by atoms with E-state index >= 15 is 0 Å². The molecule has 2 aromatic heterocycles. The highest BCUT2D eigenvalue weighted by molar-refractivity contribution is 5.31. The Labute approximate surface area is 109 Å². The summed E-state index contributed by atoms with van der Waals surface area (Å²) in [4.78, 5) is 3.47. The lowest BCUT2D eigenvalue weighted by molar-refractivity contribution is -0.137. The molecule has 0 saturated heterocycles. The molecule has 0 aromatic carbocycles. The Morgan fingerprint density at radius 2 is 1.90 bits per heavy atom. The van der Waals surface area contributed by atoms with Gasteiger partial charge in [-0.25, -0.2) is 18.4 Å². The minimum absolute atomic E-state index is 0.110. The van der Waals surface area contributed by atoms with Crippen molar-refractivity contribution >= 4 is 0 Å². The van der Waals surface area contributed by atoms with Gasteiger partial charge in [0.15, 0.2) is 5.82 Å². The molecule has 9 heteroatoms. The van der Waals surface area contributed by atoms with E-state index in [0.29, 0.717) is 10.9 Å². The van der Waals surface area contributed by atoms with E-state index < -0.39 is 30.5 Å². The normalized spacial score (nSPS) is 12.2. The standard InChI is InChI=1S/C11H8F5N3O/c12-10(13)9-6(5-20)3-18-19(9)8-2-1-7(4-17-8)11(14,15)16/h1-4,10,20H,5H2. The molecule has 0 fully saturated rings.